The van der Waals surface area contributed by atoms with Crippen molar-refractivity contribution in [2.45, 2.75) is 31.4 Å². The molecule has 0 radical (unpaired) electrons. The maximum atomic E-state index is 13.2. The quantitative estimate of drug-likeness (QED) is 0.639. The highest BCUT2D eigenvalue weighted by atomic mass is 16.7. The number of hydrogen-bond acceptors (Lipinski definition) is 6. The number of rotatable bonds is 6. The van der Waals surface area contributed by atoms with E-state index >= 15 is 0 Å². The van der Waals surface area contributed by atoms with E-state index in [4.69, 9.17) is 15.3 Å². The summed E-state index contributed by atoms with van der Waals surface area (Å²) < 4.78 is 5.14. The van der Waals surface area contributed by atoms with Crippen molar-refractivity contribution in [2.75, 3.05) is 19.0 Å². The number of methoxy groups -OCH3 is 1. The zero-order valence-electron chi connectivity index (χ0n) is 19.0. The summed E-state index contributed by atoms with van der Waals surface area (Å²) in [6.45, 7) is 5.44. The maximum Gasteiger partial charge on any atom is 0.254 e. The van der Waals surface area contributed by atoms with Crippen LogP contribution in [0.15, 0.2) is 65.8 Å². The molecule has 1 fully saturated rings. The molecule has 34 heavy (non-hydrogen) atoms. The maximum absolute atomic E-state index is 13.2. The summed E-state index contributed by atoms with van der Waals surface area (Å²) in [5.74, 6) is -0.559. The Hall–Kier alpha value is -4.14. The molecule has 2 aliphatic heterocycles. The summed E-state index contributed by atoms with van der Waals surface area (Å²) in [6.07, 6.45) is 0.629. The number of hydrogen-bond donors (Lipinski definition) is 2. The van der Waals surface area contributed by atoms with Gasteiger partial charge in [-0.2, -0.15) is 0 Å². The van der Waals surface area contributed by atoms with E-state index in [-0.39, 0.29) is 24.8 Å². The molecule has 0 aliphatic carbocycles. The standard InChI is InChI=1S/C25H26N4O5/c1-15(2)23(31)27-18-6-4-5-17(11-18)20-12-25(34-28-20)13-21(22(26)30)29(14-25)24(32)16-7-9-19(33-3)10-8-16/h4-11,21H,1,12-14H2,2-3H3,(H2,26,30)(H,27,31)/t21-,25?/m0/s1. The van der Waals surface area contributed by atoms with E-state index in [1.165, 1.54) is 4.90 Å². The minimum Gasteiger partial charge on any atom is -0.497 e. The lowest BCUT2D eigenvalue weighted by Gasteiger charge is -2.23. The van der Waals surface area contributed by atoms with Crippen molar-refractivity contribution < 1.29 is 24.0 Å². The third-order valence-corrected chi connectivity index (χ3v) is 6.01. The number of nitrogens with one attached hydrogen (secondary N) is 1. The molecule has 1 unspecified atom stereocenters. The van der Waals surface area contributed by atoms with E-state index in [0.717, 1.165) is 5.56 Å². The van der Waals surface area contributed by atoms with Crippen LogP contribution >= 0.6 is 0 Å². The summed E-state index contributed by atoms with van der Waals surface area (Å²) in [4.78, 5) is 44.6. The lowest BCUT2D eigenvalue weighted by atomic mass is 9.91. The first-order valence-corrected chi connectivity index (χ1v) is 10.8. The van der Waals surface area contributed by atoms with Gasteiger partial charge in [-0.1, -0.05) is 23.9 Å². The zero-order valence-corrected chi connectivity index (χ0v) is 19.0. The number of carbonyl (C=O) groups excluding carboxylic acids is 3. The highest BCUT2D eigenvalue weighted by molar-refractivity contribution is 6.06. The van der Waals surface area contributed by atoms with Crippen LogP contribution in [0.25, 0.3) is 0 Å². The summed E-state index contributed by atoms with van der Waals surface area (Å²) >= 11 is 0. The molecule has 2 aromatic rings. The summed E-state index contributed by atoms with van der Waals surface area (Å²) in [5.41, 5.74) is 7.64. The van der Waals surface area contributed by atoms with E-state index in [2.05, 4.69) is 17.1 Å². The molecule has 9 nitrogen and oxygen atoms in total. The van der Waals surface area contributed by atoms with Crippen LogP contribution in [-0.4, -0.2) is 53.6 Å². The Labute approximate surface area is 197 Å². The number of oxime groups is 1. The Morgan fingerprint density at radius 1 is 1.24 bits per heavy atom. The highest BCUT2D eigenvalue weighted by Crippen LogP contribution is 2.39. The van der Waals surface area contributed by atoms with Crippen LogP contribution in [0.5, 0.6) is 5.75 Å². The molecule has 1 spiro atoms. The number of likely N-dealkylation sites (tertiary alicyclic amines) is 1. The first kappa shape index (κ1) is 23.0. The average molecular weight is 463 g/mol. The molecule has 2 heterocycles. The van der Waals surface area contributed by atoms with E-state index in [1.54, 1.807) is 56.5 Å². The van der Waals surface area contributed by atoms with E-state index in [1.807, 2.05) is 6.07 Å². The predicted octanol–water partition coefficient (Wildman–Crippen LogP) is 2.47. The van der Waals surface area contributed by atoms with Gasteiger partial charge in [-0.25, -0.2) is 0 Å². The topological polar surface area (TPSA) is 123 Å². The Morgan fingerprint density at radius 3 is 2.62 bits per heavy atom. The smallest absolute Gasteiger partial charge is 0.254 e. The Balaban J connectivity index is 1.52. The number of nitrogens with two attached hydrogens (primary N) is 1. The van der Waals surface area contributed by atoms with Gasteiger partial charge >= 0.3 is 0 Å². The van der Waals surface area contributed by atoms with Crippen molar-refractivity contribution >= 4 is 29.1 Å². The van der Waals surface area contributed by atoms with E-state index in [0.29, 0.717) is 34.7 Å². The number of nitrogens with zero attached hydrogens (tertiary/aromatic N) is 2. The van der Waals surface area contributed by atoms with Crippen LogP contribution in [0.3, 0.4) is 0 Å². The van der Waals surface area contributed by atoms with Crippen molar-refractivity contribution in [3.63, 3.8) is 0 Å². The second-order valence-electron chi connectivity index (χ2n) is 8.59. The number of carbonyl (C=O) groups is 3. The summed E-state index contributed by atoms with van der Waals surface area (Å²) in [5, 5.41) is 7.04. The van der Waals surface area contributed by atoms with E-state index in [9.17, 15) is 14.4 Å². The molecule has 3 N–H and O–H groups in total. The average Bonchev–Trinajstić information content (AvgIpc) is 3.43. The molecule has 2 aromatic carbocycles. The zero-order chi connectivity index (χ0) is 24.5. The molecular formula is C25H26N4O5. The Morgan fingerprint density at radius 2 is 1.97 bits per heavy atom. The van der Waals surface area contributed by atoms with Gasteiger partial charge in [-0.05, 0) is 43.3 Å². The first-order chi connectivity index (χ1) is 16.2. The fraction of sp³-hybridized carbons (Fsp3) is 0.280. The predicted molar refractivity (Wildman–Crippen MR) is 126 cm³/mol. The minimum atomic E-state index is -0.853. The highest BCUT2D eigenvalue weighted by Gasteiger charge is 2.53. The Kier molecular flexibility index (Phi) is 6.10. The molecule has 3 amide bonds. The minimum absolute atomic E-state index is 0.171. The van der Waals surface area contributed by atoms with Gasteiger partial charge in [0.2, 0.25) is 5.91 Å². The van der Waals surface area contributed by atoms with Gasteiger partial charge in [0, 0.05) is 35.2 Å². The van der Waals surface area contributed by atoms with Gasteiger partial charge in [-0.3, -0.25) is 14.4 Å². The van der Waals surface area contributed by atoms with Gasteiger partial charge in [-0.15, -0.1) is 0 Å². The van der Waals surface area contributed by atoms with Crippen molar-refractivity contribution in [2.24, 2.45) is 10.9 Å². The van der Waals surface area contributed by atoms with Gasteiger partial charge < -0.3 is 25.5 Å². The van der Waals surface area contributed by atoms with Crippen molar-refractivity contribution in [3.8, 4) is 5.75 Å². The fourth-order valence-corrected chi connectivity index (χ4v) is 4.20. The summed E-state index contributed by atoms with van der Waals surface area (Å²) in [6, 6.07) is 13.1. The lowest BCUT2D eigenvalue weighted by Crippen LogP contribution is -2.44. The van der Waals surface area contributed by atoms with Crippen LogP contribution in [0, 0.1) is 0 Å². The molecule has 2 atom stereocenters. The van der Waals surface area contributed by atoms with Crippen LogP contribution in [0.1, 0.15) is 35.7 Å². The summed E-state index contributed by atoms with van der Waals surface area (Å²) in [7, 11) is 1.54. The second-order valence-corrected chi connectivity index (χ2v) is 8.59. The normalized spacial score (nSPS) is 21.1. The molecule has 0 bridgehead atoms. The number of anilines is 1. The molecule has 0 aromatic heterocycles. The molecule has 4 rings (SSSR count). The van der Waals surface area contributed by atoms with Crippen LogP contribution in [-0.2, 0) is 14.4 Å². The molecule has 0 saturated carbocycles. The van der Waals surface area contributed by atoms with Crippen molar-refractivity contribution in [1.29, 1.82) is 0 Å². The second kappa shape index (κ2) is 9.01. The molecule has 9 heteroatoms. The first-order valence-electron chi connectivity index (χ1n) is 10.8. The molecule has 176 valence electrons. The number of primary amides is 1. The number of benzene rings is 2. The number of ether oxygens (including phenoxy) is 1. The van der Waals surface area contributed by atoms with Crippen LogP contribution in [0.2, 0.25) is 0 Å². The third kappa shape index (κ3) is 4.50. The Bertz CT molecular complexity index is 1190. The van der Waals surface area contributed by atoms with Crippen LogP contribution in [0.4, 0.5) is 5.69 Å². The number of amides is 3. The lowest BCUT2D eigenvalue weighted by molar-refractivity contribution is -0.121. The largest absolute Gasteiger partial charge is 0.497 e. The molecular weight excluding hydrogens is 436 g/mol. The molecule has 1 saturated heterocycles. The van der Waals surface area contributed by atoms with E-state index < -0.39 is 17.6 Å². The third-order valence-electron chi connectivity index (χ3n) is 6.01. The van der Waals surface area contributed by atoms with Gasteiger partial charge in [0.05, 0.1) is 19.4 Å². The molecule has 2 aliphatic rings. The van der Waals surface area contributed by atoms with Gasteiger partial charge in [0.25, 0.3) is 11.8 Å². The monoisotopic (exact) mass is 462 g/mol. The SMILES string of the molecule is C=C(C)C(=O)Nc1cccc(C2=NOC3(C2)C[C@@H](C(N)=O)N(C(=O)c2ccc(OC)cc2)C3)c1. The van der Waals surface area contributed by atoms with Crippen LogP contribution < -0.4 is 15.8 Å². The van der Waals surface area contributed by atoms with Gasteiger partial charge in [0.15, 0.2) is 5.60 Å². The fourth-order valence-electron chi connectivity index (χ4n) is 4.20. The van der Waals surface area contributed by atoms with Crippen molar-refractivity contribution in [3.05, 3.63) is 71.8 Å². The van der Waals surface area contributed by atoms with Gasteiger partial charge in [0.1, 0.15) is 11.8 Å². The van der Waals surface area contributed by atoms with Crippen molar-refractivity contribution in [1.82, 2.24) is 4.90 Å².